The average molecular weight is 254 g/mol. The molecule has 14 heavy (non-hydrogen) atoms. The summed E-state index contributed by atoms with van der Waals surface area (Å²) < 4.78 is 1.19. The zero-order chi connectivity index (χ0) is 10.2. The maximum Gasteiger partial charge on any atom is 0.0210 e. The number of hydrogen-bond donors (Lipinski definition) is 1. The molecule has 0 aliphatic carbocycles. The Morgan fingerprint density at radius 2 is 2.07 bits per heavy atom. The Hall–Kier alpha value is -0.600. The minimum Gasteiger partial charge on any atom is -0.319 e. The second-order valence-electron chi connectivity index (χ2n) is 3.16. The lowest BCUT2D eigenvalue weighted by Gasteiger charge is -1.99. The molecular formula is C12H16BrN. The van der Waals surface area contributed by atoms with Crippen LogP contribution in [0.4, 0.5) is 0 Å². The first-order valence-corrected chi connectivity index (χ1v) is 5.67. The third kappa shape index (κ3) is 4.07. The monoisotopic (exact) mass is 253 g/mol. The Morgan fingerprint density at radius 1 is 1.29 bits per heavy atom. The van der Waals surface area contributed by atoms with E-state index in [1.165, 1.54) is 10.0 Å². The molecule has 0 aliphatic rings. The molecule has 1 aromatic carbocycles. The fourth-order valence-electron chi connectivity index (χ4n) is 1.22. The fourth-order valence-corrected chi connectivity index (χ4v) is 1.67. The van der Waals surface area contributed by atoms with Crippen molar-refractivity contribution in [2.24, 2.45) is 0 Å². The van der Waals surface area contributed by atoms with Crippen LogP contribution in [0.15, 0.2) is 40.9 Å². The van der Waals surface area contributed by atoms with Crippen LogP contribution in [0.1, 0.15) is 12.0 Å². The van der Waals surface area contributed by atoms with Crippen molar-refractivity contribution in [1.82, 2.24) is 5.32 Å². The molecule has 1 nitrogen and oxygen atoms in total. The van der Waals surface area contributed by atoms with Crippen molar-refractivity contribution in [3.05, 3.63) is 46.5 Å². The van der Waals surface area contributed by atoms with Crippen LogP contribution in [0.25, 0.3) is 0 Å². The highest BCUT2D eigenvalue weighted by Gasteiger charge is 1.93. The number of halogens is 1. The molecule has 0 bridgehead atoms. The van der Waals surface area contributed by atoms with E-state index in [2.05, 4.69) is 51.6 Å². The first-order chi connectivity index (χ1) is 6.84. The fraction of sp³-hybridized carbons (Fsp3) is 0.333. The zero-order valence-electron chi connectivity index (χ0n) is 8.46. The molecule has 0 aliphatic heterocycles. The maximum absolute atomic E-state index is 3.53. The summed E-state index contributed by atoms with van der Waals surface area (Å²) in [7, 11) is 1.97. The molecule has 2 heteroatoms. The lowest BCUT2D eigenvalue weighted by Crippen LogP contribution is -2.05. The molecule has 0 saturated carbocycles. The molecule has 1 rings (SSSR count). The minimum atomic E-state index is 1.01. The molecule has 0 fully saturated rings. The van der Waals surface area contributed by atoms with E-state index >= 15 is 0 Å². The van der Waals surface area contributed by atoms with Crippen molar-refractivity contribution in [2.45, 2.75) is 12.8 Å². The molecule has 1 N–H and O–H groups in total. The van der Waals surface area contributed by atoms with Crippen LogP contribution in [0.5, 0.6) is 0 Å². The van der Waals surface area contributed by atoms with Gasteiger partial charge in [0, 0.05) is 4.47 Å². The number of hydrogen-bond acceptors (Lipinski definition) is 1. The van der Waals surface area contributed by atoms with Crippen molar-refractivity contribution in [3.63, 3.8) is 0 Å². The number of nitrogens with one attached hydrogen (secondary N) is 1. The van der Waals surface area contributed by atoms with Gasteiger partial charge in [-0.15, -0.1) is 0 Å². The minimum absolute atomic E-state index is 1.01. The van der Waals surface area contributed by atoms with Crippen molar-refractivity contribution < 1.29 is 0 Å². The van der Waals surface area contributed by atoms with Crippen LogP contribution in [-0.2, 0) is 6.42 Å². The highest BCUT2D eigenvalue weighted by Crippen LogP contribution is 2.16. The van der Waals surface area contributed by atoms with Crippen molar-refractivity contribution in [2.75, 3.05) is 13.6 Å². The van der Waals surface area contributed by atoms with E-state index in [-0.39, 0.29) is 0 Å². The summed E-state index contributed by atoms with van der Waals surface area (Å²) in [6, 6.07) is 8.34. The summed E-state index contributed by atoms with van der Waals surface area (Å²) in [5.41, 5.74) is 1.34. The van der Waals surface area contributed by atoms with Gasteiger partial charge in [0.25, 0.3) is 0 Å². The van der Waals surface area contributed by atoms with Crippen LogP contribution < -0.4 is 5.32 Å². The summed E-state index contributed by atoms with van der Waals surface area (Å²) in [6.45, 7) is 1.05. The molecule has 76 valence electrons. The van der Waals surface area contributed by atoms with E-state index in [0.717, 1.165) is 19.4 Å². The molecule has 0 amide bonds. The van der Waals surface area contributed by atoms with E-state index in [4.69, 9.17) is 0 Å². The normalized spacial score (nSPS) is 11.0. The van der Waals surface area contributed by atoms with Crippen molar-refractivity contribution in [3.8, 4) is 0 Å². The van der Waals surface area contributed by atoms with E-state index in [9.17, 15) is 0 Å². The van der Waals surface area contributed by atoms with Gasteiger partial charge in [-0.2, -0.15) is 0 Å². The summed E-state index contributed by atoms with van der Waals surface area (Å²) in [4.78, 5) is 0. The van der Waals surface area contributed by atoms with Crippen LogP contribution in [-0.4, -0.2) is 13.6 Å². The second kappa shape index (κ2) is 6.80. The van der Waals surface area contributed by atoms with Gasteiger partial charge in [0.2, 0.25) is 0 Å². The molecule has 0 saturated heterocycles. The van der Waals surface area contributed by atoms with Gasteiger partial charge in [-0.3, -0.25) is 0 Å². The smallest absolute Gasteiger partial charge is 0.0210 e. The highest BCUT2D eigenvalue weighted by atomic mass is 79.9. The molecule has 0 atom stereocenters. The average Bonchev–Trinajstić information content (AvgIpc) is 2.20. The van der Waals surface area contributed by atoms with Gasteiger partial charge >= 0.3 is 0 Å². The summed E-state index contributed by atoms with van der Waals surface area (Å²) in [5, 5.41) is 3.12. The van der Waals surface area contributed by atoms with Crippen LogP contribution in [0, 0.1) is 0 Å². The van der Waals surface area contributed by atoms with Gasteiger partial charge < -0.3 is 5.32 Å². The Bertz CT molecular complexity index is 294. The molecule has 0 radical (unpaired) electrons. The first kappa shape index (κ1) is 11.5. The number of rotatable bonds is 5. The van der Waals surface area contributed by atoms with Gasteiger partial charge in [0.15, 0.2) is 0 Å². The third-order valence-electron chi connectivity index (χ3n) is 2.02. The van der Waals surface area contributed by atoms with E-state index < -0.39 is 0 Å². The predicted octanol–water partition coefficient (Wildman–Crippen LogP) is 3.16. The predicted molar refractivity (Wildman–Crippen MR) is 65.5 cm³/mol. The second-order valence-corrected chi connectivity index (χ2v) is 4.01. The van der Waals surface area contributed by atoms with E-state index in [1.807, 2.05) is 13.1 Å². The largest absolute Gasteiger partial charge is 0.319 e. The topological polar surface area (TPSA) is 12.0 Å². The Labute approximate surface area is 94.3 Å². The maximum atomic E-state index is 3.53. The third-order valence-corrected chi connectivity index (χ3v) is 2.80. The highest BCUT2D eigenvalue weighted by molar-refractivity contribution is 9.10. The van der Waals surface area contributed by atoms with Crippen molar-refractivity contribution >= 4 is 15.9 Å². The molecule has 1 aromatic rings. The first-order valence-electron chi connectivity index (χ1n) is 4.87. The van der Waals surface area contributed by atoms with E-state index in [0.29, 0.717) is 0 Å². The van der Waals surface area contributed by atoms with Gasteiger partial charge in [-0.1, -0.05) is 46.3 Å². The summed E-state index contributed by atoms with van der Waals surface area (Å²) >= 11 is 3.53. The Morgan fingerprint density at radius 3 is 2.79 bits per heavy atom. The van der Waals surface area contributed by atoms with E-state index in [1.54, 1.807) is 0 Å². The number of allylic oxidation sites excluding steroid dienone is 1. The standard InChI is InChI=1S/C12H16BrN/c1-14-10-6-2-3-7-11-8-4-5-9-12(11)13/h2-5,8-9,14H,6-7,10H2,1H3. The van der Waals surface area contributed by atoms with Crippen LogP contribution >= 0.6 is 15.9 Å². The van der Waals surface area contributed by atoms with Gasteiger partial charge in [0.1, 0.15) is 0 Å². The quantitative estimate of drug-likeness (QED) is 0.628. The molecular weight excluding hydrogens is 238 g/mol. The SMILES string of the molecule is CNCCC=CCc1ccccc1Br. The van der Waals surface area contributed by atoms with Crippen molar-refractivity contribution in [1.29, 1.82) is 0 Å². The summed E-state index contributed by atoms with van der Waals surface area (Å²) in [6.07, 6.45) is 6.54. The molecule has 0 unspecified atom stereocenters. The number of benzene rings is 1. The van der Waals surface area contributed by atoms with Gasteiger partial charge in [0.05, 0.1) is 0 Å². The lowest BCUT2D eigenvalue weighted by molar-refractivity contribution is 0.806. The van der Waals surface area contributed by atoms with Crippen LogP contribution in [0.2, 0.25) is 0 Å². The molecule has 0 heterocycles. The van der Waals surface area contributed by atoms with Gasteiger partial charge in [-0.05, 0) is 38.1 Å². The Balaban J connectivity index is 2.38. The summed E-state index contributed by atoms with van der Waals surface area (Å²) in [5.74, 6) is 0. The van der Waals surface area contributed by atoms with Crippen LogP contribution in [0.3, 0.4) is 0 Å². The van der Waals surface area contributed by atoms with Gasteiger partial charge in [-0.25, -0.2) is 0 Å². The zero-order valence-corrected chi connectivity index (χ0v) is 10.0. The lowest BCUT2D eigenvalue weighted by atomic mass is 10.1. The Kier molecular flexibility index (Phi) is 5.57. The molecule has 0 aromatic heterocycles. The molecule has 0 spiro atoms.